The number of halogens is 3. The van der Waals surface area contributed by atoms with Crippen LogP contribution < -0.4 is 5.32 Å². The van der Waals surface area contributed by atoms with E-state index in [4.69, 9.17) is 0 Å². The van der Waals surface area contributed by atoms with Crippen LogP contribution in [0.25, 0.3) is 0 Å². The van der Waals surface area contributed by atoms with Crippen LogP contribution in [0.3, 0.4) is 0 Å². The van der Waals surface area contributed by atoms with E-state index >= 15 is 0 Å². The summed E-state index contributed by atoms with van der Waals surface area (Å²) in [5.74, 6) is -0.784. The highest BCUT2D eigenvalue weighted by atomic mass is 19.4. The summed E-state index contributed by atoms with van der Waals surface area (Å²) in [5, 5.41) is 6.27. The van der Waals surface area contributed by atoms with Crippen molar-refractivity contribution in [3.63, 3.8) is 0 Å². The molecule has 2 rings (SSSR count). The number of hydrogen-bond acceptors (Lipinski definition) is 2. The van der Waals surface area contributed by atoms with Gasteiger partial charge in [0.15, 0.2) is 5.69 Å². The maximum absolute atomic E-state index is 13.2. The van der Waals surface area contributed by atoms with Gasteiger partial charge >= 0.3 is 6.18 Å². The van der Waals surface area contributed by atoms with E-state index < -0.39 is 29.4 Å². The van der Waals surface area contributed by atoms with Crippen molar-refractivity contribution in [3.8, 4) is 0 Å². The van der Waals surface area contributed by atoms with Crippen LogP contribution in [-0.2, 0) is 12.7 Å². The number of aryl methyl sites for hydroxylation is 2. The third-order valence-corrected chi connectivity index (χ3v) is 3.65. The normalized spacial score (nSPS) is 13.0. The summed E-state index contributed by atoms with van der Waals surface area (Å²) in [7, 11) is 0. The van der Waals surface area contributed by atoms with Gasteiger partial charge in [-0.3, -0.25) is 9.48 Å². The SMILES string of the molecule is CCn1ncc(C(=O)N[C@H](C)c2ccccc2C)c1C(F)(F)F. The van der Waals surface area contributed by atoms with Gasteiger partial charge in [0, 0.05) is 6.54 Å². The number of rotatable bonds is 4. The molecule has 0 unspecified atom stereocenters. The lowest BCUT2D eigenvalue weighted by Crippen LogP contribution is -2.29. The Bertz CT molecular complexity index is 707. The maximum atomic E-state index is 13.2. The van der Waals surface area contributed by atoms with Crippen LogP contribution in [0.4, 0.5) is 13.2 Å². The van der Waals surface area contributed by atoms with Gasteiger partial charge in [0.2, 0.25) is 0 Å². The smallest absolute Gasteiger partial charge is 0.345 e. The van der Waals surface area contributed by atoms with Gasteiger partial charge in [-0.2, -0.15) is 18.3 Å². The molecular weight excluding hydrogens is 307 g/mol. The lowest BCUT2D eigenvalue weighted by Gasteiger charge is -2.17. The van der Waals surface area contributed by atoms with Crippen LogP contribution in [0, 0.1) is 6.92 Å². The molecule has 0 aliphatic rings. The Morgan fingerprint density at radius 3 is 2.57 bits per heavy atom. The zero-order chi connectivity index (χ0) is 17.2. The van der Waals surface area contributed by atoms with Crippen molar-refractivity contribution in [2.45, 2.75) is 39.5 Å². The van der Waals surface area contributed by atoms with E-state index in [1.165, 1.54) is 0 Å². The van der Waals surface area contributed by atoms with Crippen LogP contribution in [0.5, 0.6) is 0 Å². The Kier molecular flexibility index (Phi) is 4.77. The zero-order valence-electron chi connectivity index (χ0n) is 13.1. The van der Waals surface area contributed by atoms with Crippen molar-refractivity contribution >= 4 is 5.91 Å². The fourth-order valence-electron chi connectivity index (χ4n) is 2.52. The molecule has 1 aromatic carbocycles. The van der Waals surface area contributed by atoms with Gasteiger partial charge in [-0.05, 0) is 31.9 Å². The van der Waals surface area contributed by atoms with Crippen LogP contribution in [0.15, 0.2) is 30.5 Å². The van der Waals surface area contributed by atoms with E-state index in [2.05, 4.69) is 10.4 Å². The largest absolute Gasteiger partial charge is 0.433 e. The summed E-state index contributed by atoms with van der Waals surface area (Å²) < 4.78 is 40.3. The number of carbonyl (C=O) groups is 1. The minimum absolute atomic E-state index is 0.0372. The lowest BCUT2D eigenvalue weighted by atomic mass is 10.0. The van der Waals surface area contributed by atoms with Gasteiger partial charge < -0.3 is 5.32 Å². The predicted molar refractivity (Wildman–Crippen MR) is 80.0 cm³/mol. The van der Waals surface area contributed by atoms with E-state index in [1.807, 2.05) is 31.2 Å². The lowest BCUT2D eigenvalue weighted by molar-refractivity contribution is -0.144. The first-order valence-corrected chi connectivity index (χ1v) is 7.25. The predicted octanol–water partition coefficient (Wildman–Crippen LogP) is 3.72. The van der Waals surface area contributed by atoms with Gasteiger partial charge in [0.25, 0.3) is 5.91 Å². The summed E-state index contributed by atoms with van der Waals surface area (Å²) in [6.07, 6.45) is -3.67. The Morgan fingerprint density at radius 1 is 1.35 bits per heavy atom. The maximum Gasteiger partial charge on any atom is 0.433 e. The number of hydrogen-bond donors (Lipinski definition) is 1. The number of amides is 1. The van der Waals surface area contributed by atoms with Crippen molar-refractivity contribution in [2.75, 3.05) is 0 Å². The Labute approximate surface area is 132 Å². The number of alkyl halides is 3. The van der Waals surface area contributed by atoms with E-state index in [0.717, 1.165) is 22.0 Å². The second-order valence-corrected chi connectivity index (χ2v) is 5.27. The van der Waals surface area contributed by atoms with Crippen LogP contribution in [0.1, 0.15) is 47.1 Å². The van der Waals surface area contributed by atoms with Crippen molar-refractivity contribution in [3.05, 3.63) is 52.8 Å². The quantitative estimate of drug-likeness (QED) is 0.931. The van der Waals surface area contributed by atoms with Crippen LogP contribution in [0.2, 0.25) is 0 Å². The molecule has 4 nitrogen and oxygen atoms in total. The molecule has 0 saturated carbocycles. The number of nitrogens with one attached hydrogen (secondary N) is 1. The van der Waals surface area contributed by atoms with Gasteiger partial charge in [0.1, 0.15) is 0 Å². The molecule has 0 aliphatic heterocycles. The van der Waals surface area contributed by atoms with E-state index in [0.29, 0.717) is 0 Å². The van der Waals surface area contributed by atoms with E-state index in [9.17, 15) is 18.0 Å². The number of carbonyl (C=O) groups excluding carboxylic acids is 1. The molecule has 1 N–H and O–H groups in total. The van der Waals surface area contributed by atoms with Gasteiger partial charge in [0.05, 0.1) is 17.8 Å². The first-order chi connectivity index (χ1) is 10.8. The van der Waals surface area contributed by atoms with Crippen molar-refractivity contribution < 1.29 is 18.0 Å². The second kappa shape index (κ2) is 6.44. The summed E-state index contributed by atoms with van der Waals surface area (Å²) in [4.78, 5) is 12.3. The molecular formula is C16H18F3N3O. The average molecular weight is 325 g/mol. The number of nitrogens with zero attached hydrogens (tertiary/aromatic N) is 2. The number of aromatic nitrogens is 2. The molecule has 0 spiro atoms. The Balaban J connectivity index is 2.28. The molecule has 1 aromatic heterocycles. The van der Waals surface area contributed by atoms with Crippen molar-refractivity contribution in [1.29, 1.82) is 0 Å². The molecule has 0 fully saturated rings. The molecule has 1 atom stereocenters. The van der Waals surface area contributed by atoms with Gasteiger partial charge in [-0.1, -0.05) is 24.3 Å². The third-order valence-electron chi connectivity index (χ3n) is 3.65. The molecule has 0 aliphatic carbocycles. The minimum atomic E-state index is -4.63. The topological polar surface area (TPSA) is 46.9 Å². The molecule has 0 radical (unpaired) electrons. The fraction of sp³-hybridized carbons (Fsp3) is 0.375. The third kappa shape index (κ3) is 3.55. The first kappa shape index (κ1) is 17.1. The zero-order valence-corrected chi connectivity index (χ0v) is 13.1. The molecule has 23 heavy (non-hydrogen) atoms. The first-order valence-electron chi connectivity index (χ1n) is 7.25. The fourth-order valence-corrected chi connectivity index (χ4v) is 2.52. The van der Waals surface area contributed by atoms with Gasteiger partial charge in [-0.25, -0.2) is 0 Å². The van der Waals surface area contributed by atoms with Crippen molar-refractivity contribution in [2.24, 2.45) is 0 Å². The monoisotopic (exact) mass is 325 g/mol. The molecule has 0 bridgehead atoms. The Hall–Kier alpha value is -2.31. The highest BCUT2D eigenvalue weighted by molar-refractivity contribution is 5.95. The van der Waals surface area contributed by atoms with Crippen LogP contribution in [-0.4, -0.2) is 15.7 Å². The molecule has 2 aromatic rings. The second-order valence-electron chi connectivity index (χ2n) is 5.27. The summed E-state index contributed by atoms with van der Waals surface area (Å²) in [6, 6.07) is 6.99. The molecule has 1 heterocycles. The summed E-state index contributed by atoms with van der Waals surface area (Å²) >= 11 is 0. The Morgan fingerprint density at radius 2 is 2.00 bits per heavy atom. The molecule has 1 amide bonds. The number of benzene rings is 1. The average Bonchev–Trinajstić information content (AvgIpc) is 2.91. The summed E-state index contributed by atoms with van der Waals surface area (Å²) in [6.45, 7) is 5.20. The van der Waals surface area contributed by atoms with Gasteiger partial charge in [-0.15, -0.1) is 0 Å². The van der Waals surface area contributed by atoms with E-state index in [1.54, 1.807) is 13.8 Å². The highest BCUT2D eigenvalue weighted by Crippen LogP contribution is 2.32. The van der Waals surface area contributed by atoms with Crippen molar-refractivity contribution in [1.82, 2.24) is 15.1 Å². The molecule has 0 saturated heterocycles. The summed E-state index contributed by atoms with van der Waals surface area (Å²) in [5.41, 5.74) is 0.340. The van der Waals surface area contributed by atoms with E-state index in [-0.39, 0.29) is 6.54 Å². The highest BCUT2D eigenvalue weighted by Gasteiger charge is 2.39. The molecule has 124 valence electrons. The minimum Gasteiger partial charge on any atom is -0.345 e. The standard InChI is InChI=1S/C16H18F3N3O/c1-4-22-14(16(17,18)19)13(9-20-22)15(23)21-11(3)12-8-6-5-7-10(12)2/h5-9,11H,4H2,1-3H3,(H,21,23)/t11-/m1/s1. The van der Waals surface area contributed by atoms with Crippen LogP contribution >= 0.6 is 0 Å². The molecule has 7 heteroatoms.